The highest BCUT2D eigenvalue weighted by atomic mass is 32.2. The summed E-state index contributed by atoms with van der Waals surface area (Å²) >= 11 is 1.70. The summed E-state index contributed by atoms with van der Waals surface area (Å²) in [5.41, 5.74) is 3.66. The third kappa shape index (κ3) is 2.46. The molecule has 2 heterocycles. The van der Waals surface area contributed by atoms with E-state index in [1.54, 1.807) is 18.0 Å². The van der Waals surface area contributed by atoms with Crippen LogP contribution in [0.2, 0.25) is 0 Å². The molecule has 3 nitrogen and oxygen atoms in total. The zero-order valence-corrected chi connectivity index (χ0v) is 16.1. The van der Waals surface area contributed by atoms with E-state index in [0.29, 0.717) is 11.3 Å². The van der Waals surface area contributed by atoms with Gasteiger partial charge in [-0.25, -0.2) is 4.99 Å². The number of hydrogen-bond acceptors (Lipinski definition) is 3. The van der Waals surface area contributed by atoms with E-state index >= 15 is 0 Å². The summed E-state index contributed by atoms with van der Waals surface area (Å²) in [5.74, 6) is 0.377. The van der Waals surface area contributed by atoms with E-state index in [-0.39, 0.29) is 5.91 Å². The summed E-state index contributed by atoms with van der Waals surface area (Å²) in [6, 6.07) is 14.2. The van der Waals surface area contributed by atoms with Crippen molar-refractivity contribution in [2.24, 2.45) is 4.99 Å². The molecule has 1 amide bonds. The van der Waals surface area contributed by atoms with Gasteiger partial charge in [0.15, 0.2) is 5.60 Å². The SMILES string of the molecule is O=C1N=Cc2ccc3c(c21)OC12C=C(Sc4ccccc4)C=CC1=CC=CC2=C3. The molecule has 0 fully saturated rings. The number of ether oxygens (including phenoxy) is 1. The summed E-state index contributed by atoms with van der Waals surface area (Å²) in [6.07, 6.45) is 16.3. The van der Waals surface area contributed by atoms with Gasteiger partial charge in [0, 0.05) is 38.3 Å². The second-order valence-corrected chi connectivity index (χ2v) is 8.37. The van der Waals surface area contributed by atoms with Gasteiger partial charge < -0.3 is 4.74 Å². The quantitative estimate of drug-likeness (QED) is 0.675. The van der Waals surface area contributed by atoms with Crippen LogP contribution in [0.5, 0.6) is 5.75 Å². The van der Waals surface area contributed by atoms with Gasteiger partial charge in [-0.1, -0.05) is 66.4 Å². The third-order valence-electron chi connectivity index (χ3n) is 5.49. The normalized spacial score (nSPS) is 22.6. The van der Waals surface area contributed by atoms with Crippen LogP contribution in [0.1, 0.15) is 21.5 Å². The Kier molecular flexibility index (Phi) is 3.46. The van der Waals surface area contributed by atoms with Crippen LogP contribution >= 0.6 is 11.8 Å². The highest BCUT2D eigenvalue weighted by Crippen LogP contribution is 2.49. The Hall–Kier alpha value is -3.37. The minimum atomic E-state index is -0.731. The van der Waals surface area contributed by atoms with Gasteiger partial charge in [0.25, 0.3) is 5.91 Å². The van der Waals surface area contributed by atoms with Crippen molar-refractivity contribution in [2.45, 2.75) is 10.5 Å². The predicted molar refractivity (Wildman–Crippen MR) is 116 cm³/mol. The Balaban J connectivity index is 1.50. The zero-order chi connectivity index (χ0) is 19.4. The first kappa shape index (κ1) is 16.6. The van der Waals surface area contributed by atoms with Crippen molar-refractivity contribution < 1.29 is 9.53 Å². The number of carbonyl (C=O) groups is 1. The van der Waals surface area contributed by atoms with Crippen LogP contribution in [-0.4, -0.2) is 17.7 Å². The minimum absolute atomic E-state index is 0.240. The fraction of sp³-hybridized carbons (Fsp3) is 0.0400. The summed E-state index contributed by atoms with van der Waals surface area (Å²) < 4.78 is 6.68. The van der Waals surface area contributed by atoms with Gasteiger partial charge in [-0.05, 0) is 30.4 Å². The van der Waals surface area contributed by atoms with Crippen LogP contribution in [0.4, 0.5) is 0 Å². The molecule has 4 heteroatoms. The number of thioether (sulfide) groups is 1. The largest absolute Gasteiger partial charge is 0.472 e. The maximum atomic E-state index is 12.4. The Labute approximate surface area is 172 Å². The van der Waals surface area contributed by atoms with Crippen molar-refractivity contribution in [3.05, 3.63) is 112 Å². The molecule has 0 N–H and O–H groups in total. The molecule has 6 rings (SSSR count). The first-order valence-electron chi connectivity index (χ1n) is 9.42. The number of aliphatic imine (C=N–C) groups is 1. The van der Waals surface area contributed by atoms with Gasteiger partial charge in [-0.2, -0.15) is 0 Å². The Morgan fingerprint density at radius 2 is 1.79 bits per heavy atom. The maximum absolute atomic E-state index is 12.4. The highest BCUT2D eigenvalue weighted by molar-refractivity contribution is 8.03. The van der Waals surface area contributed by atoms with Crippen LogP contribution in [-0.2, 0) is 0 Å². The van der Waals surface area contributed by atoms with Crippen molar-refractivity contribution in [1.29, 1.82) is 0 Å². The zero-order valence-electron chi connectivity index (χ0n) is 15.3. The summed E-state index contributed by atoms with van der Waals surface area (Å²) in [4.78, 5) is 18.6. The van der Waals surface area contributed by atoms with Gasteiger partial charge in [0.1, 0.15) is 5.75 Å². The van der Waals surface area contributed by atoms with E-state index < -0.39 is 5.60 Å². The molecule has 138 valence electrons. The Bertz CT molecular complexity index is 1260. The molecule has 0 bridgehead atoms. The number of allylic oxidation sites excluding steroid dienone is 3. The standard InChI is InChI=1S/C25H15NO2S/c27-24-22-17(15-26-24)10-9-16-13-19-6-4-5-18-11-12-21(14-25(18,19)28-23(16)22)29-20-7-2-1-3-8-20/h1-15H. The number of carbonyl (C=O) groups excluding carboxylic acids is 1. The second-order valence-electron chi connectivity index (χ2n) is 7.23. The van der Waals surface area contributed by atoms with Gasteiger partial charge in [-0.3, -0.25) is 4.79 Å². The van der Waals surface area contributed by atoms with E-state index in [1.165, 1.54) is 4.90 Å². The van der Waals surface area contributed by atoms with Gasteiger partial charge in [-0.15, -0.1) is 0 Å². The van der Waals surface area contributed by atoms with E-state index in [9.17, 15) is 4.79 Å². The van der Waals surface area contributed by atoms with Crippen LogP contribution < -0.4 is 4.74 Å². The van der Waals surface area contributed by atoms with Crippen molar-refractivity contribution >= 4 is 30.0 Å². The summed E-state index contributed by atoms with van der Waals surface area (Å²) in [5, 5.41) is 0. The molecule has 2 aliphatic heterocycles. The van der Waals surface area contributed by atoms with E-state index in [1.807, 2.05) is 36.4 Å². The molecule has 4 aliphatic rings. The lowest BCUT2D eigenvalue weighted by Gasteiger charge is -2.41. The summed E-state index contributed by atoms with van der Waals surface area (Å²) in [6.45, 7) is 0. The molecule has 2 aromatic carbocycles. The van der Waals surface area contributed by atoms with Crippen molar-refractivity contribution in [1.82, 2.24) is 0 Å². The van der Waals surface area contributed by atoms with Gasteiger partial charge >= 0.3 is 0 Å². The molecule has 2 aromatic rings. The third-order valence-corrected chi connectivity index (χ3v) is 6.49. The van der Waals surface area contributed by atoms with Crippen molar-refractivity contribution in [2.75, 3.05) is 0 Å². The second kappa shape index (κ2) is 6.06. The van der Waals surface area contributed by atoms with Crippen molar-refractivity contribution in [3.8, 4) is 5.75 Å². The molecule has 29 heavy (non-hydrogen) atoms. The fourth-order valence-corrected chi connectivity index (χ4v) is 5.04. The number of nitrogens with zero attached hydrogens (tertiary/aromatic N) is 1. The highest BCUT2D eigenvalue weighted by Gasteiger charge is 2.44. The topological polar surface area (TPSA) is 38.7 Å². The van der Waals surface area contributed by atoms with Crippen LogP contribution in [0, 0.1) is 0 Å². The van der Waals surface area contributed by atoms with E-state index in [0.717, 1.165) is 27.2 Å². The molecule has 0 saturated heterocycles. The molecule has 1 atom stereocenters. The lowest BCUT2D eigenvalue weighted by Crippen LogP contribution is -2.42. The predicted octanol–water partition coefficient (Wildman–Crippen LogP) is 5.52. The number of rotatable bonds is 2. The van der Waals surface area contributed by atoms with Crippen LogP contribution in [0.15, 0.2) is 105 Å². The maximum Gasteiger partial charge on any atom is 0.281 e. The molecule has 0 saturated carbocycles. The van der Waals surface area contributed by atoms with Crippen LogP contribution in [0.25, 0.3) is 6.08 Å². The van der Waals surface area contributed by atoms with E-state index in [4.69, 9.17) is 4.74 Å². The molecule has 1 unspecified atom stereocenters. The van der Waals surface area contributed by atoms with E-state index in [2.05, 4.69) is 53.6 Å². The summed E-state index contributed by atoms with van der Waals surface area (Å²) in [7, 11) is 0. The molecular formula is C25H15NO2S. The minimum Gasteiger partial charge on any atom is -0.472 e. The first-order chi connectivity index (χ1) is 14.2. The number of hydrogen-bond donors (Lipinski definition) is 0. The van der Waals surface area contributed by atoms with Crippen molar-refractivity contribution in [3.63, 3.8) is 0 Å². The number of amides is 1. The monoisotopic (exact) mass is 393 g/mol. The molecular weight excluding hydrogens is 378 g/mol. The molecule has 1 spiro atoms. The number of benzene rings is 2. The van der Waals surface area contributed by atoms with Crippen LogP contribution in [0.3, 0.4) is 0 Å². The molecule has 2 aliphatic carbocycles. The molecule has 0 aromatic heterocycles. The number of fused-ring (bicyclic) bond motifs is 3. The van der Waals surface area contributed by atoms with Gasteiger partial charge in [0.05, 0.1) is 5.56 Å². The smallest absolute Gasteiger partial charge is 0.281 e. The average molecular weight is 393 g/mol. The molecule has 0 radical (unpaired) electrons. The fourth-order valence-electron chi connectivity index (χ4n) is 4.11. The van der Waals surface area contributed by atoms with Gasteiger partial charge in [0.2, 0.25) is 0 Å². The Morgan fingerprint density at radius 3 is 2.69 bits per heavy atom. The lowest BCUT2D eigenvalue weighted by molar-refractivity contribution is 0.0998. The lowest BCUT2D eigenvalue weighted by atomic mass is 9.77. The average Bonchev–Trinajstić information content (AvgIpc) is 3.13. The first-order valence-corrected chi connectivity index (χ1v) is 10.2. The Morgan fingerprint density at radius 1 is 0.931 bits per heavy atom.